The quantitative estimate of drug-likeness (QED) is 0.285. The number of halogens is 1. The maximum Gasteiger partial charge on any atom is 0.0622 e. The van der Waals surface area contributed by atoms with Crippen molar-refractivity contribution in [2.24, 2.45) is 0 Å². The van der Waals surface area contributed by atoms with Crippen LogP contribution in [-0.4, -0.2) is 4.43 Å². The monoisotopic (exact) mass is 196 g/mol. The molecule has 0 aliphatic heterocycles. The summed E-state index contributed by atoms with van der Waals surface area (Å²) in [7, 11) is 0. The van der Waals surface area contributed by atoms with Crippen LogP contribution in [0.3, 0.4) is 0 Å². The largest absolute Gasteiger partial charge is 0.198 e. The molecular formula is C4H6IN. The predicted molar refractivity (Wildman–Crippen MR) is 33.7 cm³/mol. The van der Waals surface area contributed by atoms with E-state index in [-0.39, 0.29) is 0 Å². The van der Waals surface area contributed by atoms with Crippen molar-refractivity contribution in [3.63, 3.8) is 0 Å². The van der Waals surface area contributed by atoms with E-state index in [4.69, 9.17) is 5.26 Å². The van der Waals surface area contributed by atoms with Crippen LogP contribution in [-0.2, 0) is 0 Å². The van der Waals surface area contributed by atoms with Crippen LogP contribution >= 0.6 is 22.6 Å². The van der Waals surface area contributed by atoms with Crippen molar-refractivity contribution in [2.75, 3.05) is 4.43 Å². The number of nitrogens with zero attached hydrogens (tertiary/aromatic N) is 1. The molecular weight excluding hydrogens is 190 g/mol. The lowest BCUT2D eigenvalue weighted by Gasteiger charge is -1.75. The third kappa shape index (κ3) is 4.22. The van der Waals surface area contributed by atoms with E-state index in [9.17, 15) is 0 Å². The Bertz CT molecular complexity index is 55.1. The van der Waals surface area contributed by atoms with E-state index in [0.717, 1.165) is 10.8 Å². The Morgan fingerprint density at radius 2 is 2.33 bits per heavy atom. The van der Waals surface area contributed by atoms with Crippen molar-refractivity contribution < 1.29 is 0 Å². The molecule has 0 fully saturated rings. The molecule has 0 heterocycles. The van der Waals surface area contributed by atoms with Crippen LogP contribution in [0.15, 0.2) is 0 Å². The molecule has 0 N–H and O–H groups in total. The van der Waals surface area contributed by atoms with Crippen molar-refractivity contribution >= 4 is 22.6 Å². The second-order valence-electron chi connectivity index (χ2n) is 0.951. The predicted octanol–water partition coefficient (Wildman–Crippen LogP) is 1.73. The SMILES string of the molecule is N#[13C]CCCI. The Kier molecular flexibility index (Phi) is 5.41. The molecule has 0 amide bonds. The minimum absolute atomic E-state index is 0.711. The van der Waals surface area contributed by atoms with E-state index in [1.807, 2.05) is 0 Å². The zero-order valence-corrected chi connectivity index (χ0v) is 5.60. The van der Waals surface area contributed by atoms with Crippen LogP contribution < -0.4 is 0 Å². The molecule has 0 aromatic rings. The highest BCUT2D eigenvalue weighted by Crippen LogP contribution is 1.90. The van der Waals surface area contributed by atoms with Gasteiger partial charge in [-0.1, -0.05) is 22.6 Å². The molecule has 6 heavy (non-hydrogen) atoms. The van der Waals surface area contributed by atoms with Crippen molar-refractivity contribution in [3.8, 4) is 6.07 Å². The standard InChI is InChI=1S/C4H6IN/c5-3-1-2-4-6/h1-3H2/i4+1. The molecule has 0 aliphatic rings. The number of hydrogen-bond acceptors (Lipinski definition) is 1. The summed E-state index contributed by atoms with van der Waals surface area (Å²) >= 11 is 2.26. The Balaban J connectivity index is 2.54. The first-order valence-corrected chi connectivity index (χ1v) is 3.37. The van der Waals surface area contributed by atoms with Crippen molar-refractivity contribution in [3.05, 3.63) is 0 Å². The van der Waals surface area contributed by atoms with Crippen molar-refractivity contribution in [1.82, 2.24) is 0 Å². The minimum atomic E-state index is 0.711. The molecule has 0 bridgehead atoms. The molecule has 0 aliphatic carbocycles. The van der Waals surface area contributed by atoms with Crippen LogP contribution in [0, 0.1) is 11.3 Å². The second kappa shape index (κ2) is 5.22. The number of rotatable bonds is 2. The number of nitriles is 1. The summed E-state index contributed by atoms with van der Waals surface area (Å²) < 4.78 is 1.10. The molecule has 0 unspecified atom stereocenters. The molecule has 34 valence electrons. The fourth-order valence-electron chi connectivity index (χ4n) is 0.146. The Labute approximate surface area is 51.5 Å². The smallest absolute Gasteiger partial charge is 0.0622 e. The number of unbranched alkanes of at least 4 members (excludes halogenated alkanes) is 1. The first kappa shape index (κ1) is 6.22. The fourth-order valence-corrected chi connectivity index (χ4v) is 0.527. The number of hydrogen-bond donors (Lipinski definition) is 0. The molecule has 0 atom stereocenters. The van der Waals surface area contributed by atoms with E-state index in [2.05, 4.69) is 28.7 Å². The van der Waals surface area contributed by atoms with Crippen LogP contribution in [0.4, 0.5) is 0 Å². The maximum atomic E-state index is 7.94. The summed E-state index contributed by atoms with van der Waals surface area (Å²) in [6.07, 6.45) is 1.75. The summed E-state index contributed by atoms with van der Waals surface area (Å²) in [5.74, 6) is 0. The van der Waals surface area contributed by atoms with Gasteiger partial charge >= 0.3 is 0 Å². The molecule has 0 radical (unpaired) electrons. The van der Waals surface area contributed by atoms with Gasteiger partial charge in [-0.2, -0.15) is 5.26 Å². The third-order valence-corrected chi connectivity index (χ3v) is 1.19. The highest BCUT2D eigenvalue weighted by atomic mass is 127. The summed E-state index contributed by atoms with van der Waals surface area (Å²) in [5, 5.41) is 7.94. The zero-order valence-electron chi connectivity index (χ0n) is 3.45. The van der Waals surface area contributed by atoms with Crippen LogP contribution in [0.5, 0.6) is 0 Å². The van der Waals surface area contributed by atoms with Crippen molar-refractivity contribution in [1.29, 1.82) is 5.26 Å². The van der Waals surface area contributed by atoms with Gasteiger partial charge in [0.2, 0.25) is 0 Å². The fraction of sp³-hybridized carbons (Fsp3) is 0.750. The molecule has 0 spiro atoms. The van der Waals surface area contributed by atoms with Gasteiger partial charge in [-0.3, -0.25) is 0 Å². The molecule has 1 nitrogen and oxygen atoms in total. The Hall–Kier alpha value is 0.220. The van der Waals surface area contributed by atoms with Gasteiger partial charge in [0.05, 0.1) is 6.07 Å². The summed E-state index contributed by atoms with van der Waals surface area (Å²) in [6, 6.07) is 2.06. The van der Waals surface area contributed by atoms with E-state index in [0.29, 0.717) is 6.42 Å². The molecule has 0 aromatic heterocycles. The van der Waals surface area contributed by atoms with Gasteiger partial charge in [0.1, 0.15) is 0 Å². The molecule has 0 rings (SSSR count). The normalized spacial score (nSPS) is 7.33. The Morgan fingerprint density at radius 1 is 1.67 bits per heavy atom. The van der Waals surface area contributed by atoms with Gasteiger partial charge in [0.25, 0.3) is 0 Å². The van der Waals surface area contributed by atoms with Crippen LogP contribution in [0.25, 0.3) is 0 Å². The van der Waals surface area contributed by atoms with E-state index >= 15 is 0 Å². The summed E-state index contributed by atoms with van der Waals surface area (Å²) in [4.78, 5) is 0. The number of alkyl halides is 1. The molecule has 0 saturated carbocycles. The second-order valence-corrected chi connectivity index (χ2v) is 2.03. The topological polar surface area (TPSA) is 23.8 Å². The van der Waals surface area contributed by atoms with Crippen LogP contribution in [0.2, 0.25) is 0 Å². The van der Waals surface area contributed by atoms with Gasteiger partial charge < -0.3 is 0 Å². The minimum Gasteiger partial charge on any atom is -0.198 e. The lowest BCUT2D eigenvalue weighted by atomic mass is 10.5. The summed E-state index contributed by atoms with van der Waals surface area (Å²) in [5.41, 5.74) is 0. The average molecular weight is 196 g/mol. The molecule has 2 heteroatoms. The average Bonchev–Trinajstić information content (AvgIpc) is 1.61. The van der Waals surface area contributed by atoms with Crippen LogP contribution in [0.1, 0.15) is 12.8 Å². The Morgan fingerprint density at radius 3 is 2.50 bits per heavy atom. The van der Waals surface area contributed by atoms with E-state index < -0.39 is 0 Å². The highest BCUT2D eigenvalue weighted by molar-refractivity contribution is 14.1. The van der Waals surface area contributed by atoms with Crippen molar-refractivity contribution in [2.45, 2.75) is 12.8 Å². The maximum absolute atomic E-state index is 7.94. The van der Waals surface area contributed by atoms with E-state index in [1.165, 1.54) is 0 Å². The van der Waals surface area contributed by atoms with Gasteiger partial charge in [-0.25, -0.2) is 0 Å². The lowest BCUT2D eigenvalue weighted by Crippen LogP contribution is -1.67. The lowest BCUT2D eigenvalue weighted by molar-refractivity contribution is 0.997. The first-order chi connectivity index (χ1) is 2.91. The van der Waals surface area contributed by atoms with Gasteiger partial charge in [0.15, 0.2) is 0 Å². The third-order valence-electron chi connectivity index (χ3n) is 0.422. The molecule has 0 saturated heterocycles. The molecule has 0 aromatic carbocycles. The zero-order chi connectivity index (χ0) is 4.83. The van der Waals surface area contributed by atoms with Gasteiger partial charge in [-0.15, -0.1) is 0 Å². The summed E-state index contributed by atoms with van der Waals surface area (Å²) in [6.45, 7) is 0. The highest BCUT2D eigenvalue weighted by Gasteiger charge is 1.75. The van der Waals surface area contributed by atoms with Gasteiger partial charge in [0, 0.05) is 10.8 Å². The van der Waals surface area contributed by atoms with E-state index in [1.54, 1.807) is 0 Å². The van der Waals surface area contributed by atoms with Gasteiger partial charge in [-0.05, 0) is 6.42 Å². The first-order valence-electron chi connectivity index (χ1n) is 1.84.